The van der Waals surface area contributed by atoms with Crippen LogP contribution in [0.5, 0.6) is 5.75 Å². The van der Waals surface area contributed by atoms with Crippen LogP contribution in [-0.4, -0.2) is 36.1 Å². The third-order valence-corrected chi connectivity index (χ3v) is 3.83. The van der Waals surface area contributed by atoms with Crippen LogP contribution in [0.2, 0.25) is 5.02 Å². The summed E-state index contributed by atoms with van der Waals surface area (Å²) in [5.74, 6) is 0.814. The van der Waals surface area contributed by atoms with Gasteiger partial charge in [-0.05, 0) is 23.8 Å². The van der Waals surface area contributed by atoms with Crippen LogP contribution in [0.3, 0.4) is 0 Å². The molecule has 1 aromatic heterocycles. The first kappa shape index (κ1) is 19.1. The number of aryl methyl sites for hydroxylation is 1. The Morgan fingerprint density at radius 1 is 1.40 bits per heavy atom. The zero-order valence-corrected chi connectivity index (χ0v) is 15.1. The Kier molecular flexibility index (Phi) is 6.64. The highest BCUT2D eigenvalue weighted by Gasteiger charge is 2.10. The van der Waals surface area contributed by atoms with Crippen LogP contribution in [0.25, 0.3) is 0 Å². The lowest BCUT2D eigenvalue weighted by Gasteiger charge is -2.22. The van der Waals surface area contributed by atoms with Crippen LogP contribution in [0, 0.1) is 0 Å². The monoisotopic (exact) mass is 370 g/mol. The molecular formula is C17H21ClF2N4O. The second-order valence-electron chi connectivity index (χ2n) is 5.54. The zero-order chi connectivity index (χ0) is 18.4. The van der Waals surface area contributed by atoms with Gasteiger partial charge >= 0.3 is 6.61 Å². The number of aromatic nitrogens is 1. The lowest BCUT2D eigenvalue weighted by Crippen LogP contribution is -2.38. The number of alkyl halides is 2. The summed E-state index contributed by atoms with van der Waals surface area (Å²) in [7, 11) is 5.53. The molecule has 0 bridgehead atoms. The number of nitrogens with one attached hydrogen (secondary N) is 1. The maximum Gasteiger partial charge on any atom is 0.387 e. The number of hydrogen-bond donors (Lipinski definition) is 1. The molecule has 0 atom stereocenters. The van der Waals surface area contributed by atoms with Crippen LogP contribution in [0.4, 0.5) is 8.78 Å². The number of nitrogens with zero attached hydrogens (tertiary/aromatic N) is 3. The van der Waals surface area contributed by atoms with E-state index < -0.39 is 6.61 Å². The topological polar surface area (TPSA) is 41.8 Å². The van der Waals surface area contributed by atoms with Crippen LogP contribution >= 0.6 is 11.6 Å². The lowest BCUT2D eigenvalue weighted by atomic mass is 10.2. The Morgan fingerprint density at radius 3 is 2.76 bits per heavy atom. The summed E-state index contributed by atoms with van der Waals surface area (Å²) < 4.78 is 31.0. The van der Waals surface area contributed by atoms with Gasteiger partial charge in [0.2, 0.25) is 0 Å². The number of halogens is 3. The molecule has 1 heterocycles. The molecule has 0 aliphatic carbocycles. The van der Waals surface area contributed by atoms with Crippen LogP contribution in [-0.2, 0) is 20.1 Å². The summed E-state index contributed by atoms with van der Waals surface area (Å²) in [6, 6.07) is 8.47. The fraction of sp³-hybridized carbons (Fsp3) is 0.353. The number of ether oxygens (including phenoxy) is 1. The number of aliphatic imine (C=N–C) groups is 1. The molecule has 1 N–H and O–H groups in total. The highest BCUT2D eigenvalue weighted by Crippen LogP contribution is 2.16. The average molecular weight is 371 g/mol. The van der Waals surface area contributed by atoms with Gasteiger partial charge in [0.05, 0.1) is 11.6 Å². The van der Waals surface area contributed by atoms with Gasteiger partial charge in [-0.25, -0.2) is 0 Å². The van der Waals surface area contributed by atoms with Gasteiger partial charge in [0.25, 0.3) is 0 Å². The summed E-state index contributed by atoms with van der Waals surface area (Å²) in [6.07, 6.45) is 1.84. The van der Waals surface area contributed by atoms with E-state index >= 15 is 0 Å². The predicted molar refractivity (Wildman–Crippen MR) is 95.2 cm³/mol. The van der Waals surface area contributed by atoms with E-state index in [4.69, 9.17) is 11.6 Å². The molecule has 136 valence electrons. The van der Waals surface area contributed by atoms with Crippen molar-refractivity contribution in [3.8, 4) is 5.75 Å². The number of guanidine groups is 1. The van der Waals surface area contributed by atoms with Crippen LogP contribution in [0.15, 0.2) is 41.5 Å². The highest BCUT2D eigenvalue weighted by molar-refractivity contribution is 6.30. The van der Waals surface area contributed by atoms with Crippen molar-refractivity contribution >= 4 is 17.6 Å². The minimum Gasteiger partial charge on any atom is -0.435 e. The molecule has 8 heteroatoms. The molecule has 0 radical (unpaired) electrons. The molecule has 25 heavy (non-hydrogen) atoms. The first-order chi connectivity index (χ1) is 11.9. The Hall–Kier alpha value is -2.28. The fourth-order valence-electron chi connectivity index (χ4n) is 2.44. The van der Waals surface area contributed by atoms with Crippen molar-refractivity contribution in [2.75, 3.05) is 14.1 Å². The van der Waals surface area contributed by atoms with Crippen molar-refractivity contribution in [1.29, 1.82) is 0 Å². The third-order valence-electron chi connectivity index (χ3n) is 3.62. The summed E-state index contributed by atoms with van der Waals surface area (Å²) >= 11 is 6.00. The summed E-state index contributed by atoms with van der Waals surface area (Å²) in [5.41, 5.74) is 1.86. The Bertz CT molecular complexity index is 733. The first-order valence-electron chi connectivity index (χ1n) is 7.65. The SMILES string of the molecule is CN=C(NCc1cccc(OC(F)F)c1)N(C)Cc1cc(Cl)cn1C. The fourth-order valence-corrected chi connectivity index (χ4v) is 2.71. The second kappa shape index (κ2) is 8.71. The predicted octanol–water partition coefficient (Wildman–Crippen LogP) is 3.49. The van der Waals surface area contributed by atoms with Crippen LogP contribution < -0.4 is 10.1 Å². The summed E-state index contributed by atoms with van der Waals surface area (Å²) in [6.45, 7) is -1.78. The van der Waals surface area contributed by atoms with Gasteiger partial charge in [0.1, 0.15) is 5.75 Å². The van der Waals surface area contributed by atoms with Crippen molar-refractivity contribution in [2.24, 2.45) is 12.0 Å². The number of benzene rings is 1. The molecule has 0 amide bonds. The number of rotatable bonds is 6. The lowest BCUT2D eigenvalue weighted by molar-refractivity contribution is -0.0498. The minimum atomic E-state index is -2.83. The van der Waals surface area contributed by atoms with E-state index in [0.717, 1.165) is 11.3 Å². The normalized spacial score (nSPS) is 11.7. The zero-order valence-electron chi connectivity index (χ0n) is 14.3. The quantitative estimate of drug-likeness (QED) is 0.625. The van der Waals surface area contributed by atoms with Crippen molar-refractivity contribution in [2.45, 2.75) is 19.7 Å². The smallest absolute Gasteiger partial charge is 0.387 e. The molecule has 0 spiro atoms. The van der Waals surface area contributed by atoms with E-state index in [1.807, 2.05) is 41.9 Å². The summed E-state index contributed by atoms with van der Waals surface area (Å²) in [4.78, 5) is 6.19. The van der Waals surface area contributed by atoms with Crippen molar-refractivity contribution in [3.05, 3.63) is 52.8 Å². The van der Waals surface area contributed by atoms with Gasteiger partial charge in [-0.3, -0.25) is 4.99 Å². The molecule has 0 saturated carbocycles. The minimum absolute atomic E-state index is 0.135. The van der Waals surface area contributed by atoms with E-state index in [1.54, 1.807) is 19.2 Å². The molecule has 0 fully saturated rings. The van der Waals surface area contributed by atoms with Gasteiger partial charge in [-0.1, -0.05) is 23.7 Å². The standard InChI is InChI=1S/C17H21ClF2N4O/c1-21-17(24(3)11-14-8-13(18)10-23(14)2)22-9-12-5-4-6-15(7-12)25-16(19)20/h4-8,10,16H,9,11H2,1-3H3,(H,21,22). The Morgan fingerprint density at radius 2 is 2.16 bits per heavy atom. The Balaban J connectivity index is 1.97. The third kappa shape index (κ3) is 5.63. The van der Waals surface area contributed by atoms with Gasteiger partial charge in [0, 0.05) is 39.6 Å². The molecule has 2 aromatic rings. The highest BCUT2D eigenvalue weighted by atomic mass is 35.5. The van der Waals surface area contributed by atoms with Gasteiger partial charge < -0.3 is 19.5 Å². The maximum absolute atomic E-state index is 12.3. The molecule has 0 aliphatic heterocycles. The van der Waals surface area contributed by atoms with Crippen molar-refractivity contribution < 1.29 is 13.5 Å². The van der Waals surface area contributed by atoms with E-state index in [0.29, 0.717) is 24.1 Å². The van der Waals surface area contributed by atoms with Crippen LogP contribution in [0.1, 0.15) is 11.3 Å². The molecule has 0 aliphatic rings. The van der Waals surface area contributed by atoms with Crippen molar-refractivity contribution in [1.82, 2.24) is 14.8 Å². The molecule has 5 nitrogen and oxygen atoms in total. The van der Waals surface area contributed by atoms with E-state index in [2.05, 4.69) is 15.0 Å². The first-order valence-corrected chi connectivity index (χ1v) is 8.03. The molecular weight excluding hydrogens is 350 g/mol. The van der Waals surface area contributed by atoms with Gasteiger partial charge in [-0.15, -0.1) is 0 Å². The summed E-state index contributed by atoms with van der Waals surface area (Å²) in [5, 5.41) is 3.89. The van der Waals surface area contributed by atoms with E-state index in [1.165, 1.54) is 6.07 Å². The van der Waals surface area contributed by atoms with E-state index in [9.17, 15) is 8.78 Å². The maximum atomic E-state index is 12.3. The van der Waals surface area contributed by atoms with E-state index in [-0.39, 0.29) is 5.75 Å². The largest absolute Gasteiger partial charge is 0.435 e. The number of hydrogen-bond acceptors (Lipinski definition) is 2. The van der Waals surface area contributed by atoms with Gasteiger partial charge in [-0.2, -0.15) is 8.78 Å². The Labute approximate surface area is 150 Å². The van der Waals surface area contributed by atoms with Gasteiger partial charge in [0.15, 0.2) is 5.96 Å². The molecule has 0 saturated heterocycles. The second-order valence-corrected chi connectivity index (χ2v) is 5.98. The molecule has 2 rings (SSSR count). The molecule has 1 aromatic carbocycles. The van der Waals surface area contributed by atoms with Crippen molar-refractivity contribution in [3.63, 3.8) is 0 Å². The molecule has 0 unspecified atom stereocenters. The average Bonchev–Trinajstić information content (AvgIpc) is 2.85.